The van der Waals surface area contributed by atoms with Gasteiger partial charge in [0.1, 0.15) is 5.82 Å². The summed E-state index contributed by atoms with van der Waals surface area (Å²) in [5.41, 5.74) is 1.65. The molecule has 1 fully saturated rings. The van der Waals surface area contributed by atoms with Crippen LogP contribution in [0.15, 0.2) is 36.7 Å². The summed E-state index contributed by atoms with van der Waals surface area (Å²) in [6, 6.07) is 8.32. The predicted molar refractivity (Wildman–Crippen MR) is 79.1 cm³/mol. The van der Waals surface area contributed by atoms with Crippen LogP contribution in [0, 0.1) is 0 Å². The molecule has 0 atom stereocenters. The molecule has 3 aromatic heterocycles. The zero-order valence-corrected chi connectivity index (χ0v) is 11.6. The standard InChI is InChI=1S/C14H15N7/c1-15-11-8-20(9-11)13-5-4-12-17-18-14(21(12)19-13)10-3-2-6-16-7-10/h2-7,11,15H,8-9H2,1H3. The molecule has 0 bridgehead atoms. The van der Waals surface area contributed by atoms with Crippen LogP contribution in [-0.2, 0) is 0 Å². The molecule has 0 spiro atoms. The first-order valence-corrected chi connectivity index (χ1v) is 6.90. The van der Waals surface area contributed by atoms with E-state index in [0.29, 0.717) is 11.9 Å². The fourth-order valence-corrected chi connectivity index (χ4v) is 2.47. The smallest absolute Gasteiger partial charge is 0.187 e. The number of fused-ring (bicyclic) bond motifs is 1. The lowest BCUT2D eigenvalue weighted by atomic mass is 10.1. The van der Waals surface area contributed by atoms with Crippen molar-refractivity contribution in [2.45, 2.75) is 6.04 Å². The highest BCUT2D eigenvalue weighted by molar-refractivity contribution is 5.58. The van der Waals surface area contributed by atoms with Crippen molar-refractivity contribution < 1.29 is 0 Å². The quantitative estimate of drug-likeness (QED) is 0.758. The van der Waals surface area contributed by atoms with Gasteiger partial charge in [-0.1, -0.05) is 0 Å². The summed E-state index contributed by atoms with van der Waals surface area (Å²) >= 11 is 0. The third-order valence-corrected chi connectivity index (χ3v) is 3.78. The fraction of sp³-hybridized carbons (Fsp3) is 0.286. The first-order valence-electron chi connectivity index (χ1n) is 6.90. The normalized spacial score (nSPS) is 15.4. The lowest BCUT2D eigenvalue weighted by Gasteiger charge is -2.39. The minimum atomic E-state index is 0.543. The fourth-order valence-electron chi connectivity index (χ4n) is 2.47. The van der Waals surface area contributed by atoms with Crippen LogP contribution in [-0.4, -0.2) is 51.0 Å². The molecule has 0 radical (unpaired) electrons. The van der Waals surface area contributed by atoms with E-state index in [2.05, 4.69) is 30.5 Å². The van der Waals surface area contributed by atoms with Crippen molar-refractivity contribution >= 4 is 11.5 Å². The van der Waals surface area contributed by atoms with E-state index in [1.165, 1.54) is 0 Å². The Kier molecular flexibility index (Phi) is 2.78. The van der Waals surface area contributed by atoms with Crippen LogP contribution in [0.2, 0.25) is 0 Å². The van der Waals surface area contributed by atoms with Crippen molar-refractivity contribution in [2.24, 2.45) is 0 Å². The lowest BCUT2D eigenvalue weighted by Crippen LogP contribution is -2.57. The van der Waals surface area contributed by atoms with Crippen molar-refractivity contribution in [3.05, 3.63) is 36.7 Å². The SMILES string of the molecule is CNC1CN(c2ccc3nnc(-c4cccnc4)n3n2)C1. The predicted octanol–water partition coefficient (Wildman–Crippen LogP) is 0.594. The van der Waals surface area contributed by atoms with E-state index in [-0.39, 0.29) is 0 Å². The van der Waals surface area contributed by atoms with Crippen LogP contribution in [0.5, 0.6) is 0 Å². The molecule has 4 heterocycles. The molecule has 0 aromatic carbocycles. The highest BCUT2D eigenvalue weighted by Gasteiger charge is 2.26. The molecule has 0 unspecified atom stereocenters. The van der Waals surface area contributed by atoms with E-state index in [1.54, 1.807) is 16.9 Å². The Morgan fingerprint density at radius 1 is 1.19 bits per heavy atom. The monoisotopic (exact) mass is 281 g/mol. The summed E-state index contributed by atoms with van der Waals surface area (Å²) in [5, 5.41) is 16.3. The second-order valence-corrected chi connectivity index (χ2v) is 5.12. The molecule has 4 rings (SSSR count). The molecule has 7 heteroatoms. The van der Waals surface area contributed by atoms with Crippen molar-refractivity contribution in [1.29, 1.82) is 0 Å². The van der Waals surface area contributed by atoms with Gasteiger partial charge >= 0.3 is 0 Å². The Bertz CT molecular complexity index is 761. The van der Waals surface area contributed by atoms with E-state index in [0.717, 1.165) is 30.1 Å². The molecule has 0 aliphatic carbocycles. The third-order valence-electron chi connectivity index (χ3n) is 3.78. The zero-order valence-electron chi connectivity index (χ0n) is 11.6. The Morgan fingerprint density at radius 2 is 2.10 bits per heavy atom. The molecule has 0 amide bonds. The van der Waals surface area contributed by atoms with Crippen LogP contribution in [0.25, 0.3) is 17.0 Å². The topological polar surface area (TPSA) is 71.2 Å². The molecular formula is C14H15N7. The summed E-state index contributed by atoms with van der Waals surface area (Å²) in [6.07, 6.45) is 3.51. The molecule has 106 valence electrons. The average Bonchev–Trinajstić information content (AvgIpc) is 2.90. The van der Waals surface area contributed by atoms with Crippen LogP contribution in [0.4, 0.5) is 5.82 Å². The van der Waals surface area contributed by atoms with E-state index in [4.69, 9.17) is 0 Å². The molecule has 21 heavy (non-hydrogen) atoms. The van der Waals surface area contributed by atoms with E-state index in [9.17, 15) is 0 Å². The summed E-state index contributed by atoms with van der Waals surface area (Å²) in [4.78, 5) is 6.36. The van der Waals surface area contributed by atoms with Gasteiger partial charge in [0.2, 0.25) is 0 Å². The number of aromatic nitrogens is 5. The first kappa shape index (κ1) is 12.2. The average molecular weight is 281 g/mol. The van der Waals surface area contributed by atoms with Gasteiger partial charge in [0, 0.05) is 37.1 Å². The van der Waals surface area contributed by atoms with Gasteiger partial charge in [-0.2, -0.15) is 4.52 Å². The van der Waals surface area contributed by atoms with Gasteiger partial charge in [0.05, 0.1) is 0 Å². The molecule has 3 aromatic rings. The number of pyridine rings is 1. The highest BCUT2D eigenvalue weighted by atomic mass is 15.4. The van der Waals surface area contributed by atoms with Gasteiger partial charge in [-0.25, -0.2) is 0 Å². The largest absolute Gasteiger partial charge is 0.352 e. The van der Waals surface area contributed by atoms with Crippen LogP contribution in [0.3, 0.4) is 0 Å². The number of nitrogens with one attached hydrogen (secondary N) is 1. The molecule has 1 N–H and O–H groups in total. The third kappa shape index (κ3) is 2.02. The summed E-state index contributed by atoms with van der Waals surface area (Å²) in [5.74, 6) is 1.66. The summed E-state index contributed by atoms with van der Waals surface area (Å²) in [7, 11) is 1.99. The van der Waals surface area contributed by atoms with E-state index in [1.807, 2.05) is 31.3 Å². The van der Waals surface area contributed by atoms with Crippen molar-refractivity contribution in [1.82, 2.24) is 30.1 Å². The Hall–Kier alpha value is -2.54. The van der Waals surface area contributed by atoms with Crippen molar-refractivity contribution in [3.8, 4) is 11.4 Å². The zero-order chi connectivity index (χ0) is 14.2. The van der Waals surface area contributed by atoms with Gasteiger partial charge in [0.15, 0.2) is 11.5 Å². The van der Waals surface area contributed by atoms with Crippen LogP contribution in [0.1, 0.15) is 0 Å². The number of hydrogen-bond acceptors (Lipinski definition) is 6. The second kappa shape index (κ2) is 4.78. The van der Waals surface area contributed by atoms with Crippen LogP contribution >= 0.6 is 0 Å². The molecule has 1 aliphatic rings. The maximum absolute atomic E-state index is 4.66. The minimum absolute atomic E-state index is 0.543. The molecule has 7 nitrogen and oxygen atoms in total. The van der Waals surface area contributed by atoms with E-state index >= 15 is 0 Å². The van der Waals surface area contributed by atoms with Gasteiger partial charge in [-0.15, -0.1) is 15.3 Å². The summed E-state index contributed by atoms with van der Waals surface area (Å²) < 4.78 is 1.78. The first-order chi connectivity index (χ1) is 10.3. The number of nitrogens with zero attached hydrogens (tertiary/aromatic N) is 6. The highest BCUT2D eigenvalue weighted by Crippen LogP contribution is 2.21. The van der Waals surface area contributed by atoms with Gasteiger partial charge in [-0.05, 0) is 31.3 Å². The number of anilines is 1. The molecule has 0 saturated carbocycles. The Morgan fingerprint density at radius 3 is 2.86 bits per heavy atom. The number of likely N-dealkylation sites (N-methyl/N-ethyl adjacent to an activating group) is 1. The maximum Gasteiger partial charge on any atom is 0.187 e. The van der Waals surface area contributed by atoms with Gasteiger partial charge in [-0.3, -0.25) is 4.98 Å². The van der Waals surface area contributed by atoms with Gasteiger partial charge < -0.3 is 10.2 Å². The van der Waals surface area contributed by atoms with Crippen molar-refractivity contribution in [2.75, 3.05) is 25.0 Å². The Balaban J connectivity index is 1.73. The Labute approximate surface area is 121 Å². The maximum atomic E-state index is 4.66. The molecular weight excluding hydrogens is 266 g/mol. The van der Waals surface area contributed by atoms with E-state index < -0.39 is 0 Å². The minimum Gasteiger partial charge on any atom is -0.352 e. The van der Waals surface area contributed by atoms with Gasteiger partial charge in [0.25, 0.3) is 0 Å². The van der Waals surface area contributed by atoms with Crippen LogP contribution < -0.4 is 10.2 Å². The second-order valence-electron chi connectivity index (χ2n) is 5.12. The van der Waals surface area contributed by atoms with Crippen molar-refractivity contribution in [3.63, 3.8) is 0 Å². The summed E-state index contributed by atoms with van der Waals surface area (Å²) in [6.45, 7) is 1.94. The molecule has 1 aliphatic heterocycles. The number of hydrogen-bond donors (Lipinski definition) is 1. The molecule has 1 saturated heterocycles. The number of rotatable bonds is 3. The lowest BCUT2D eigenvalue weighted by molar-refractivity contribution is 0.445.